The largest absolute Gasteiger partial charge is 0.497 e. The van der Waals surface area contributed by atoms with Crippen molar-refractivity contribution in [3.05, 3.63) is 35.7 Å². The number of carbonyl (C=O) groups is 1. The van der Waals surface area contributed by atoms with Gasteiger partial charge in [-0.1, -0.05) is 6.08 Å². The van der Waals surface area contributed by atoms with Crippen molar-refractivity contribution < 1.29 is 9.53 Å². The van der Waals surface area contributed by atoms with Gasteiger partial charge in [0, 0.05) is 23.7 Å². The summed E-state index contributed by atoms with van der Waals surface area (Å²) in [4.78, 5) is 14.4. The molecule has 1 aromatic carbocycles. The van der Waals surface area contributed by atoms with Crippen LogP contribution in [0.4, 0.5) is 5.69 Å². The number of hydrogen-bond acceptors (Lipinski definition) is 4. The molecule has 0 saturated carbocycles. The number of methoxy groups -OCH3 is 1. The minimum Gasteiger partial charge on any atom is -0.497 e. The lowest BCUT2D eigenvalue weighted by Gasteiger charge is -2.13. The van der Waals surface area contributed by atoms with Crippen LogP contribution in [-0.2, 0) is 0 Å². The van der Waals surface area contributed by atoms with Gasteiger partial charge in [-0.3, -0.25) is 4.79 Å². The Labute approximate surface area is 116 Å². The molecule has 19 heavy (non-hydrogen) atoms. The van der Waals surface area contributed by atoms with Gasteiger partial charge in [0.2, 0.25) is 0 Å². The minimum absolute atomic E-state index is 0.0856. The molecule has 100 valence electrons. The van der Waals surface area contributed by atoms with Gasteiger partial charge in [0.15, 0.2) is 0 Å². The highest BCUT2D eigenvalue weighted by Gasteiger charge is 2.19. The second-order valence-electron chi connectivity index (χ2n) is 4.18. The summed E-state index contributed by atoms with van der Waals surface area (Å²) in [7, 11) is 3.34. The number of likely N-dealkylation sites (N-methyl/N-ethyl adjacent to an activating group) is 1. The molecule has 0 bridgehead atoms. The first kappa shape index (κ1) is 13.4. The van der Waals surface area contributed by atoms with E-state index >= 15 is 0 Å². The molecular formula is C14H16N2O2S. The first-order chi connectivity index (χ1) is 9.08. The van der Waals surface area contributed by atoms with E-state index in [0.717, 1.165) is 15.8 Å². The second kappa shape index (κ2) is 5.32. The van der Waals surface area contributed by atoms with Crippen molar-refractivity contribution in [2.24, 2.45) is 0 Å². The molecule has 0 aliphatic rings. The van der Waals surface area contributed by atoms with E-state index in [2.05, 4.69) is 6.58 Å². The molecule has 5 heteroatoms. The van der Waals surface area contributed by atoms with Gasteiger partial charge < -0.3 is 15.4 Å². The number of carbonyl (C=O) groups excluding carboxylic acids is 1. The summed E-state index contributed by atoms with van der Waals surface area (Å²) in [5, 5.41) is 0.890. The van der Waals surface area contributed by atoms with Crippen molar-refractivity contribution in [1.82, 2.24) is 4.90 Å². The number of ether oxygens (including phenoxy) is 1. The number of nitrogens with two attached hydrogens (primary N) is 1. The molecule has 1 amide bonds. The van der Waals surface area contributed by atoms with Crippen molar-refractivity contribution in [2.45, 2.75) is 0 Å². The Hall–Kier alpha value is -2.01. The van der Waals surface area contributed by atoms with E-state index in [1.165, 1.54) is 11.3 Å². The predicted molar refractivity (Wildman–Crippen MR) is 79.9 cm³/mol. The molecule has 0 unspecified atom stereocenters. The summed E-state index contributed by atoms with van der Waals surface area (Å²) in [5.41, 5.74) is 6.59. The molecule has 0 atom stereocenters. The zero-order chi connectivity index (χ0) is 14.0. The maximum absolute atomic E-state index is 12.3. The van der Waals surface area contributed by atoms with Crippen LogP contribution in [0.15, 0.2) is 30.9 Å². The third-order valence-electron chi connectivity index (χ3n) is 2.88. The van der Waals surface area contributed by atoms with E-state index in [9.17, 15) is 4.79 Å². The molecule has 1 aromatic heterocycles. The van der Waals surface area contributed by atoms with E-state index in [-0.39, 0.29) is 5.91 Å². The molecule has 0 fully saturated rings. The summed E-state index contributed by atoms with van der Waals surface area (Å²) in [6.45, 7) is 4.12. The van der Waals surface area contributed by atoms with Crippen LogP contribution >= 0.6 is 11.3 Å². The first-order valence-corrected chi connectivity index (χ1v) is 6.62. The molecule has 4 nitrogen and oxygen atoms in total. The lowest BCUT2D eigenvalue weighted by molar-refractivity contribution is 0.0816. The number of thiophene rings is 1. The Morgan fingerprint density at radius 2 is 2.32 bits per heavy atom. The molecular weight excluding hydrogens is 260 g/mol. The molecule has 1 heterocycles. The van der Waals surface area contributed by atoms with Gasteiger partial charge in [0.25, 0.3) is 5.91 Å². The zero-order valence-corrected chi connectivity index (χ0v) is 11.8. The number of nitrogen functional groups attached to an aromatic ring is 1. The molecule has 2 rings (SSSR count). The van der Waals surface area contributed by atoms with Crippen LogP contribution in [0.1, 0.15) is 9.67 Å². The van der Waals surface area contributed by atoms with Gasteiger partial charge in [0.05, 0.1) is 12.8 Å². The fourth-order valence-corrected chi connectivity index (χ4v) is 2.98. The summed E-state index contributed by atoms with van der Waals surface area (Å²) < 4.78 is 6.13. The fourth-order valence-electron chi connectivity index (χ4n) is 1.83. The van der Waals surface area contributed by atoms with Crippen molar-refractivity contribution >= 4 is 33.0 Å². The van der Waals surface area contributed by atoms with E-state index in [0.29, 0.717) is 17.1 Å². The van der Waals surface area contributed by atoms with Gasteiger partial charge in [-0.25, -0.2) is 0 Å². The number of benzene rings is 1. The molecule has 2 aromatic rings. The average Bonchev–Trinajstić information content (AvgIpc) is 2.74. The van der Waals surface area contributed by atoms with Gasteiger partial charge in [0.1, 0.15) is 10.6 Å². The fraction of sp³-hybridized carbons (Fsp3) is 0.214. The normalized spacial score (nSPS) is 10.4. The van der Waals surface area contributed by atoms with Crippen molar-refractivity contribution in [3.8, 4) is 5.75 Å². The van der Waals surface area contributed by atoms with Crippen LogP contribution < -0.4 is 10.5 Å². The van der Waals surface area contributed by atoms with E-state index in [4.69, 9.17) is 10.5 Å². The van der Waals surface area contributed by atoms with Crippen LogP contribution in [0.5, 0.6) is 5.75 Å². The van der Waals surface area contributed by atoms with Gasteiger partial charge in [-0.2, -0.15) is 0 Å². The Kier molecular flexibility index (Phi) is 3.76. The van der Waals surface area contributed by atoms with Gasteiger partial charge in [-0.15, -0.1) is 17.9 Å². The Morgan fingerprint density at radius 3 is 2.95 bits per heavy atom. The van der Waals surface area contributed by atoms with E-state index < -0.39 is 0 Å². The number of hydrogen-bond donors (Lipinski definition) is 1. The van der Waals surface area contributed by atoms with Crippen LogP contribution in [0, 0.1) is 0 Å². The predicted octanol–water partition coefficient (Wildman–Crippen LogP) is 2.75. The molecule has 0 aliphatic heterocycles. The summed E-state index contributed by atoms with van der Waals surface area (Å²) in [5.74, 6) is 0.671. The molecule has 0 spiro atoms. The van der Waals surface area contributed by atoms with Crippen LogP contribution in [0.3, 0.4) is 0 Å². The lowest BCUT2D eigenvalue weighted by Crippen LogP contribution is -2.26. The van der Waals surface area contributed by atoms with Crippen LogP contribution in [0.25, 0.3) is 10.1 Å². The third kappa shape index (κ3) is 2.42. The minimum atomic E-state index is -0.0856. The standard InChI is InChI=1S/C14H16N2O2S/c1-4-7-16(2)14(17)13-12(15)10-6-5-9(18-3)8-11(10)19-13/h4-6,8H,1,7,15H2,2-3H3. The van der Waals surface area contributed by atoms with Crippen LogP contribution in [0.2, 0.25) is 0 Å². The smallest absolute Gasteiger partial charge is 0.266 e. The highest BCUT2D eigenvalue weighted by Crippen LogP contribution is 2.36. The van der Waals surface area contributed by atoms with Gasteiger partial charge in [-0.05, 0) is 18.2 Å². The van der Waals surface area contributed by atoms with Gasteiger partial charge >= 0.3 is 0 Å². The number of rotatable bonds is 4. The number of nitrogens with zero attached hydrogens (tertiary/aromatic N) is 1. The maximum Gasteiger partial charge on any atom is 0.266 e. The first-order valence-electron chi connectivity index (χ1n) is 5.80. The van der Waals surface area contributed by atoms with Crippen molar-refractivity contribution in [3.63, 3.8) is 0 Å². The highest BCUT2D eigenvalue weighted by molar-refractivity contribution is 7.21. The maximum atomic E-state index is 12.3. The Bertz CT molecular complexity index is 634. The summed E-state index contributed by atoms with van der Waals surface area (Å²) in [6, 6.07) is 5.61. The molecule has 2 N–H and O–H groups in total. The Balaban J connectivity index is 2.47. The molecule has 0 aliphatic carbocycles. The SMILES string of the molecule is C=CCN(C)C(=O)c1sc2cc(OC)ccc2c1N. The topological polar surface area (TPSA) is 55.6 Å². The summed E-state index contributed by atoms with van der Waals surface area (Å²) >= 11 is 1.39. The highest BCUT2D eigenvalue weighted by atomic mass is 32.1. The van der Waals surface area contributed by atoms with E-state index in [1.54, 1.807) is 25.1 Å². The number of fused-ring (bicyclic) bond motifs is 1. The van der Waals surface area contributed by atoms with Crippen molar-refractivity contribution in [1.29, 1.82) is 0 Å². The quantitative estimate of drug-likeness (QED) is 0.874. The second-order valence-corrected chi connectivity index (χ2v) is 5.23. The van der Waals surface area contributed by atoms with Crippen LogP contribution in [-0.4, -0.2) is 31.5 Å². The lowest BCUT2D eigenvalue weighted by atomic mass is 10.2. The monoisotopic (exact) mass is 276 g/mol. The Morgan fingerprint density at radius 1 is 1.58 bits per heavy atom. The van der Waals surface area contributed by atoms with E-state index in [1.807, 2.05) is 18.2 Å². The number of amides is 1. The van der Waals surface area contributed by atoms with Crippen molar-refractivity contribution in [2.75, 3.05) is 26.4 Å². The summed E-state index contributed by atoms with van der Waals surface area (Å²) in [6.07, 6.45) is 1.68. The zero-order valence-electron chi connectivity index (χ0n) is 11.0. The third-order valence-corrected chi connectivity index (χ3v) is 4.04. The average molecular weight is 276 g/mol. The molecule has 0 saturated heterocycles. The molecule has 0 radical (unpaired) electrons. The number of anilines is 1.